The molecule has 1 aromatic carbocycles. The van der Waals surface area contributed by atoms with Gasteiger partial charge < -0.3 is 14.6 Å². The Kier molecular flexibility index (Phi) is 20.5. The normalized spacial score (nSPS) is 10.5. The molecule has 31 heavy (non-hydrogen) atoms. The maximum Gasteiger partial charge on any atom is 1.00 e. The molecule has 0 saturated carbocycles. The Balaban J connectivity index is 0.00000900. The second-order valence-electron chi connectivity index (χ2n) is 8.27. The molecule has 1 aromatic rings. The number of carbonyl (C=O) groups excluding carboxylic acids is 2. The molecular formula is C26H41NaO4. The molecule has 0 aliphatic carbocycles. The number of benzene rings is 1. The van der Waals surface area contributed by atoms with Gasteiger partial charge in [-0.2, -0.15) is 0 Å². The van der Waals surface area contributed by atoms with Crippen LogP contribution in [-0.2, 0) is 4.74 Å². The first kappa shape index (κ1) is 30.2. The van der Waals surface area contributed by atoms with Gasteiger partial charge >= 0.3 is 35.5 Å². The van der Waals surface area contributed by atoms with Crippen molar-refractivity contribution >= 4 is 11.9 Å². The average molecular weight is 441 g/mol. The minimum atomic E-state index is -1.36. The zero-order valence-corrected chi connectivity index (χ0v) is 22.0. The Hall–Kier alpha value is -0.840. The SMILES string of the molecule is CCCCCCCCCCCCCCCCCCOC(=O)c1ccccc1C(=O)[O-].[Na+]. The molecule has 0 saturated heterocycles. The van der Waals surface area contributed by atoms with Crippen LogP contribution in [0.2, 0.25) is 0 Å². The summed E-state index contributed by atoms with van der Waals surface area (Å²) in [4.78, 5) is 23.1. The number of hydrogen-bond donors (Lipinski definition) is 0. The molecule has 0 amide bonds. The molecular weight excluding hydrogens is 399 g/mol. The van der Waals surface area contributed by atoms with Crippen LogP contribution in [0.1, 0.15) is 130 Å². The Morgan fingerprint density at radius 1 is 0.677 bits per heavy atom. The van der Waals surface area contributed by atoms with Crippen molar-refractivity contribution in [2.45, 2.75) is 110 Å². The van der Waals surface area contributed by atoms with Gasteiger partial charge in [-0.1, -0.05) is 121 Å². The van der Waals surface area contributed by atoms with Crippen molar-refractivity contribution in [2.75, 3.05) is 6.61 Å². The van der Waals surface area contributed by atoms with E-state index < -0.39 is 11.9 Å². The van der Waals surface area contributed by atoms with Gasteiger partial charge in [0, 0.05) is 5.56 Å². The minimum Gasteiger partial charge on any atom is -0.545 e. The summed E-state index contributed by atoms with van der Waals surface area (Å²) in [5, 5.41) is 11.0. The first-order valence-electron chi connectivity index (χ1n) is 12.1. The van der Waals surface area contributed by atoms with E-state index in [-0.39, 0.29) is 40.7 Å². The van der Waals surface area contributed by atoms with Crippen molar-refractivity contribution in [3.63, 3.8) is 0 Å². The summed E-state index contributed by atoms with van der Waals surface area (Å²) in [6.07, 6.45) is 20.7. The average Bonchev–Trinajstić information content (AvgIpc) is 2.75. The predicted molar refractivity (Wildman–Crippen MR) is 121 cm³/mol. The molecule has 1 rings (SSSR count). The molecule has 0 spiro atoms. The first-order valence-corrected chi connectivity index (χ1v) is 12.1. The molecule has 5 heteroatoms. The van der Waals surface area contributed by atoms with Crippen LogP contribution in [0.3, 0.4) is 0 Å². The van der Waals surface area contributed by atoms with E-state index in [0.717, 1.165) is 19.3 Å². The molecule has 0 aliphatic rings. The fraction of sp³-hybridized carbons (Fsp3) is 0.692. The van der Waals surface area contributed by atoms with Crippen molar-refractivity contribution in [2.24, 2.45) is 0 Å². The summed E-state index contributed by atoms with van der Waals surface area (Å²) in [7, 11) is 0. The summed E-state index contributed by atoms with van der Waals surface area (Å²) in [5.41, 5.74) is -0.0523. The largest absolute Gasteiger partial charge is 1.00 e. The van der Waals surface area contributed by atoms with Crippen LogP contribution < -0.4 is 34.7 Å². The number of unbranched alkanes of at least 4 members (excludes halogenated alkanes) is 15. The first-order chi connectivity index (χ1) is 14.7. The van der Waals surface area contributed by atoms with Crippen LogP contribution in [0.25, 0.3) is 0 Å². The summed E-state index contributed by atoms with van der Waals surface area (Å²) in [6.45, 7) is 2.60. The molecule has 170 valence electrons. The molecule has 0 unspecified atom stereocenters. The van der Waals surface area contributed by atoms with Gasteiger partial charge in [0.15, 0.2) is 0 Å². The Morgan fingerprint density at radius 3 is 1.48 bits per heavy atom. The number of aromatic carboxylic acids is 1. The molecule has 0 heterocycles. The molecule has 0 radical (unpaired) electrons. The van der Waals surface area contributed by atoms with E-state index in [1.807, 2.05) is 0 Å². The second kappa shape index (κ2) is 21.0. The van der Waals surface area contributed by atoms with Crippen molar-refractivity contribution in [3.05, 3.63) is 35.4 Å². The van der Waals surface area contributed by atoms with Crippen LogP contribution in [0.15, 0.2) is 24.3 Å². The third-order valence-electron chi connectivity index (χ3n) is 5.60. The van der Waals surface area contributed by atoms with E-state index in [9.17, 15) is 14.7 Å². The van der Waals surface area contributed by atoms with Gasteiger partial charge in [0.1, 0.15) is 0 Å². The van der Waals surface area contributed by atoms with Gasteiger partial charge in [-0.15, -0.1) is 0 Å². The van der Waals surface area contributed by atoms with Gasteiger partial charge in [0.05, 0.1) is 18.1 Å². The number of rotatable bonds is 19. The van der Waals surface area contributed by atoms with Crippen molar-refractivity contribution in [1.29, 1.82) is 0 Å². The van der Waals surface area contributed by atoms with E-state index in [1.165, 1.54) is 95.6 Å². The fourth-order valence-corrected chi connectivity index (χ4v) is 3.73. The van der Waals surface area contributed by atoms with Crippen LogP contribution in [0.5, 0.6) is 0 Å². The molecule has 0 N–H and O–H groups in total. The van der Waals surface area contributed by atoms with Gasteiger partial charge in [0.25, 0.3) is 0 Å². The maximum absolute atomic E-state index is 12.0. The minimum absolute atomic E-state index is 0. The Morgan fingerprint density at radius 2 is 1.06 bits per heavy atom. The second-order valence-corrected chi connectivity index (χ2v) is 8.27. The quantitative estimate of drug-likeness (QED) is 0.188. The monoisotopic (exact) mass is 440 g/mol. The van der Waals surface area contributed by atoms with E-state index >= 15 is 0 Å². The maximum atomic E-state index is 12.0. The zero-order valence-electron chi connectivity index (χ0n) is 20.0. The van der Waals surface area contributed by atoms with Crippen molar-refractivity contribution < 1.29 is 49.0 Å². The third-order valence-corrected chi connectivity index (χ3v) is 5.60. The third kappa shape index (κ3) is 15.6. The van der Waals surface area contributed by atoms with Crippen molar-refractivity contribution in [3.8, 4) is 0 Å². The number of esters is 1. The Bertz CT molecular complexity index is 589. The number of hydrogen-bond acceptors (Lipinski definition) is 4. The number of ether oxygens (including phenoxy) is 1. The van der Waals surface area contributed by atoms with Crippen LogP contribution in [0, 0.1) is 0 Å². The summed E-state index contributed by atoms with van der Waals surface area (Å²) in [5.74, 6) is -1.94. The zero-order chi connectivity index (χ0) is 21.9. The van der Waals surface area contributed by atoms with Crippen LogP contribution in [0.4, 0.5) is 0 Å². The van der Waals surface area contributed by atoms with Gasteiger partial charge in [-0.05, 0) is 12.5 Å². The standard InChI is InChI=1S/C26H42O4.Na/c1-2-3-4-5-6-7-8-9-10-11-12-13-14-15-16-19-22-30-26(29)24-21-18-17-20-23(24)25(27)28;/h17-18,20-21H,2-16,19,22H2,1H3,(H,27,28);/q;+1/p-1. The fourth-order valence-electron chi connectivity index (χ4n) is 3.73. The van der Waals surface area contributed by atoms with Crippen LogP contribution >= 0.6 is 0 Å². The number of carbonyl (C=O) groups is 2. The topological polar surface area (TPSA) is 66.4 Å². The van der Waals surface area contributed by atoms with Gasteiger partial charge in [0.2, 0.25) is 0 Å². The van der Waals surface area contributed by atoms with Crippen LogP contribution in [-0.4, -0.2) is 18.5 Å². The molecule has 4 nitrogen and oxygen atoms in total. The van der Waals surface area contributed by atoms with E-state index in [4.69, 9.17) is 4.74 Å². The van der Waals surface area contributed by atoms with E-state index in [1.54, 1.807) is 12.1 Å². The number of carboxylic acids is 1. The smallest absolute Gasteiger partial charge is 0.545 e. The van der Waals surface area contributed by atoms with Gasteiger partial charge in [-0.3, -0.25) is 0 Å². The predicted octanol–water partition coefficient (Wildman–Crippen LogP) is 3.47. The molecule has 0 aliphatic heterocycles. The summed E-state index contributed by atoms with van der Waals surface area (Å²) >= 11 is 0. The molecule has 0 fully saturated rings. The van der Waals surface area contributed by atoms with Crippen molar-refractivity contribution in [1.82, 2.24) is 0 Å². The molecule has 0 atom stereocenters. The van der Waals surface area contributed by atoms with Gasteiger partial charge in [-0.25, -0.2) is 4.79 Å². The number of carboxylic acid groups (broad SMARTS) is 1. The molecule has 0 bridgehead atoms. The molecule has 0 aromatic heterocycles. The Labute approximate surface area is 211 Å². The summed E-state index contributed by atoms with van der Waals surface area (Å²) in [6, 6.07) is 6.01. The van der Waals surface area contributed by atoms with E-state index in [2.05, 4.69) is 6.92 Å². The van der Waals surface area contributed by atoms with E-state index in [0.29, 0.717) is 6.61 Å². The summed E-state index contributed by atoms with van der Waals surface area (Å²) < 4.78 is 5.21.